The van der Waals surface area contributed by atoms with Crippen LogP contribution in [0.3, 0.4) is 0 Å². The lowest BCUT2D eigenvalue weighted by molar-refractivity contribution is -0.108. The number of nitrogens with one attached hydrogen (secondary N) is 1. The second kappa shape index (κ2) is 3.59. The van der Waals surface area contributed by atoms with E-state index in [1.807, 2.05) is 6.08 Å². The summed E-state index contributed by atoms with van der Waals surface area (Å²) in [6, 6.07) is 0. The zero-order valence-electron chi connectivity index (χ0n) is 9.07. The van der Waals surface area contributed by atoms with E-state index < -0.39 is 0 Å². The van der Waals surface area contributed by atoms with E-state index in [1.165, 1.54) is 16.5 Å². The molecule has 0 aromatic carbocycles. The molecule has 2 aliphatic rings. The van der Waals surface area contributed by atoms with Crippen LogP contribution < -0.4 is 10.6 Å². The molecule has 2 aliphatic carbocycles. The first-order chi connectivity index (χ1) is 7.79. The Kier molecular flexibility index (Phi) is 2.21. The van der Waals surface area contributed by atoms with E-state index in [0.717, 1.165) is 24.5 Å². The first-order valence-electron chi connectivity index (χ1n) is 5.84. The third-order valence-electron chi connectivity index (χ3n) is 3.66. The summed E-state index contributed by atoms with van der Waals surface area (Å²) in [4.78, 5) is 14.0. The molecule has 0 amide bonds. The monoisotopic (exact) mass is 217 g/mol. The van der Waals surface area contributed by atoms with Crippen molar-refractivity contribution in [1.29, 1.82) is 0 Å². The smallest absolute Gasteiger partial charge is 0.120 e. The van der Waals surface area contributed by atoms with E-state index >= 15 is 0 Å². The van der Waals surface area contributed by atoms with Crippen LogP contribution in [0.1, 0.15) is 36.4 Å². The van der Waals surface area contributed by atoms with Crippen LogP contribution in [0.4, 0.5) is 0 Å². The van der Waals surface area contributed by atoms with Gasteiger partial charge in [0.05, 0.1) is 6.10 Å². The fraction of sp³-hybridized carbons (Fsp3) is 0.462. The average molecular weight is 217 g/mol. The predicted octanol–water partition coefficient (Wildman–Crippen LogP) is -0.0409. The van der Waals surface area contributed by atoms with Gasteiger partial charge in [0.1, 0.15) is 6.29 Å². The van der Waals surface area contributed by atoms with Gasteiger partial charge in [0, 0.05) is 28.6 Å². The molecule has 3 heteroatoms. The Bertz CT molecular complexity index is 541. The molecular weight excluding hydrogens is 202 g/mol. The number of aliphatic hydroxyl groups is 1. The number of carbonyl (C=O) groups excluding carboxylic acids is 1. The van der Waals surface area contributed by atoms with Crippen LogP contribution in [0.2, 0.25) is 0 Å². The number of hydrogen-bond donors (Lipinski definition) is 2. The van der Waals surface area contributed by atoms with Gasteiger partial charge >= 0.3 is 0 Å². The molecule has 2 N–H and O–H groups in total. The molecule has 0 saturated heterocycles. The molecule has 16 heavy (non-hydrogen) atoms. The number of rotatable bonds is 2. The summed E-state index contributed by atoms with van der Waals surface area (Å²) in [5, 5.41) is 11.9. The molecule has 0 saturated carbocycles. The molecule has 3 nitrogen and oxygen atoms in total. The minimum atomic E-state index is -0.350. The molecular formula is C13H15NO2. The first-order valence-corrected chi connectivity index (χ1v) is 5.84. The Labute approximate surface area is 93.5 Å². The van der Waals surface area contributed by atoms with Gasteiger partial charge in [0.25, 0.3) is 0 Å². The molecule has 2 unspecified atom stereocenters. The molecule has 0 radical (unpaired) electrons. The Morgan fingerprint density at radius 2 is 2.44 bits per heavy atom. The number of aromatic amines is 1. The van der Waals surface area contributed by atoms with E-state index in [-0.39, 0.29) is 6.10 Å². The van der Waals surface area contributed by atoms with Gasteiger partial charge in [-0.15, -0.1) is 0 Å². The van der Waals surface area contributed by atoms with Gasteiger partial charge in [-0.2, -0.15) is 0 Å². The van der Waals surface area contributed by atoms with E-state index in [2.05, 4.69) is 11.1 Å². The van der Waals surface area contributed by atoms with Gasteiger partial charge in [-0.05, 0) is 30.9 Å². The van der Waals surface area contributed by atoms with Crippen molar-refractivity contribution in [2.24, 2.45) is 0 Å². The van der Waals surface area contributed by atoms with Crippen molar-refractivity contribution in [3.63, 3.8) is 0 Å². The zero-order valence-corrected chi connectivity index (χ0v) is 9.07. The van der Waals surface area contributed by atoms with Crippen LogP contribution >= 0.6 is 0 Å². The zero-order chi connectivity index (χ0) is 11.1. The highest BCUT2D eigenvalue weighted by molar-refractivity contribution is 5.54. The van der Waals surface area contributed by atoms with Gasteiger partial charge in [-0.1, -0.05) is 6.08 Å². The predicted molar refractivity (Wildman–Crippen MR) is 61.3 cm³/mol. The molecule has 0 aliphatic heterocycles. The van der Waals surface area contributed by atoms with Crippen molar-refractivity contribution in [2.45, 2.75) is 37.7 Å². The summed E-state index contributed by atoms with van der Waals surface area (Å²) in [5.41, 5.74) is 2.54. The molecule has 1 aromatic heterocycles. The van der Waals surface area contributed by atoms with Crippen molar-refractivity contribution in [3.05, 3.63) is 21.8 Å². The highest BCUT2D eigenvalue weighted by Gasteiger charge is 2.26. The van der Waals surface area contributed by atoms with E-state index in [1.54, 1.807) is 0 Å². The van der Waals surface area contributed by atoms with Gasteiger partial charge in [0.15, 0.2) is 0 Å². The molecule has 2 atom stereocenters. The number of aldehydes is 1. The number of fused-ring (bicyclic) bond motifs is 3. The first kappa shape index (κ1) is 9.85. The van der Waals surface area contributed by atoms with Crippen molar-refractivity contribution < 1.29 is 9.90 Å². The van der Waals surface area contributed by atoms with Crippen molar-refractivity contribution >= 4 is 18.4 Å². The van der Waals surface area contributed by atoms with Gasteiger partial charge in [-0.3, -0.25) is 0 Å². The van der Waals surface area contributed by atoms with E-state index in [0.29, 0.717) is 18.8 Å². The fourth-order valence-electron chi connectivity index (χ4n) is 2.88. The van der Waals surface area contributed by atoms with E-state index in [9.17, 15) is 9.90 Å². The van der Waals surface area contributed by atoms with Gasteiger partial charge in [-0.25, -0.2) is 0 Å². The van der Waals surface area contributed by atoms with E-state index in [4.69, 9.17) is 0 Å². The lowest BCUT2D eigenvalue weighted by atomic mass is 10.0. The molecule has 1 heterocycles. The van der Waals surface area contributed by atoms with Crippen LogP contribution in [0, 0.1) is 0 Å². The average Bonchev–Trinajstić information content (AvgIpc) is 2.80. The van der Waals surface area contributed by atoms with Gasteiger partial charge in [0.2, 0.25) is 0 Å². The summed E-state index contributed by atoms with van der Waals surface area (Å²) in [6.45, 7) is 0. The van der Waals surface area contributed by atoms with Crippen LogP contribution in [0.15, 0.2) is 0 Å². The summed E-state index contributed by atoms with van der Waals surface area (Å²) in [6.07, 6.45) is 8.01. The number of carbonyl (C=O) groups is 1. The molecule has 3 rings (SSSR count). The van der Waals surface area contributed by atoms with Crippen LogP contribution in [-0.4, -0.2) is 22.5 Å². The minimum Gasteiger partial charge on any atom is -0.389 e. The maximum absolute atomic E-state index is 10.6. The number of hydrogen-bond acceptors (Lipinski definition) is 2. The highest BCUT2D eigenvalue weighted by atomic mass is 16.3. The highest BCUT2D eigenvalue weighted by Crippen LogP contribution is 2.31. The lowest BCUT2D eigenvalue weighted by Crippen LogP contribution is -2.31. The Morgan fingerprint density at radius 1 is 1.56 bits per heavy atom. The Hall–Kier alpha value is -1.35. The SMILES string of the molecule is O=CCC1CCc2c1[nH]c1c2=CC(O)CC=1. The maximum atomic E-state index is 10.6. The van der Waals surface area contributed by atoms with Crippen molar-refractivity contribution in [1.82, 2.24) is 4.98 Å². The van der Waals surface area contributed by atoms with Crippen molar-refractivity contribution in [3.8, 4) is 0 Å². The number of H-pyrrole nitrogens is 1. The van der Waals surface area contributed by atoms with Crippen LogP contribution in [0.25, 0.3) is 12.2 Å². The Morgan fingerprint density at radius 3 is 3.25 bits per heavy atom. The molecule has 0 spiro atoms. The molecule has 84 valence electrons. The summed E-state index contributed by atoms with van der Waals surface area (Å²) < 4.78 is 0. The lowest BCUT2D eigenvalue weighted by Gasteiger charge is -2.05. The largest absolute Gasteiger partial charge is 0.389 e. The minimum absolute atomic E-state index is 0.350. The Balaban J connectivity index is 2.14. The molecule has 0 bridgehead atoms. The summed E-state index contributed by atoms with van der Waals surface area (Å²) >= 11 is 0. The van der Waals surface area contributed by atoms with Crippen LogP contribution in [-0.2, 0) is 11.2 Å². The third-order valence-corrected chi connectivity index (χ3v) is 3.66. The molecule has 0 fully saturated rings. The summed E-state index contributed by atoms with van der Waals surface area (Å²) in [5.74, 6) is 0.358. The normalized spacial score (nSPS) is 26.6. The maximum Gasteiger partial charge on any atom is 0.120 e. The fourth-order valence-corrected chi connectivity index (χ4v) is 2.88. The number of aliphatic hydroxyl groups excluding tert-OH is 1. The second-order valence-corrected chi connectivity index (χ2v) is 4.66. The standard InChI is InChI=1S/C13H15NO2/c15-6-5-8-1-3-10-11-7-9(16)2-4-12(11)14-13(8)10/h4,6-9,14,16H,1-3,5H2. The third kappa shape index (κ3) is 1.35. The topological polar surface area (TPSA) is 53.1 Å². The molecule has 1 aromatic rings. The summed E-state index contributed by atoms with van der Waals surface area (Å²) in [7, 11) is 0. The van der Waals surface area contributed by atoms with Crippen LogP contribution in [0.5, 0.6) is 0 Å². The number of aromatic nitrogens is 1. The van der Waals surface area contributed by atoms with Gasteiger partial charge < -0.3 is 14.9 Å². The second-order valence-electron chi connectivity index (χ2n) is 4.66. The van der Waals surface area contributed by atoms with Crippen molar-refractivity contribution in [2.75, 3.05) is 0 Å². The quantitative estimate of drug-likeness (QED) is 0.683.